The van der Waals surface area contributed by atoms with Crippen LogP contribution < -0.4 is 0 Å². The number of aromatic nitrogens is 3. The van der Waals surface area contributed by atoms with Crippen LogP contribution in [0.4, 0.5) is 0 Å². The lowest BCUT2D eigenvalue weighted by molar-refractivity contribution is -0.141. The molecule has 1 atom stereocenters. The zero-order valence-corrected chi connectivity index (χ0v) is 13.4. The first kappa shape index (κ1) is 15.4. The molecule has 1 fully saturated rings. The van der Waals surface area contributed by atoms with Crippen LogP contribution in [0.2, 0.25) is 0 Å². The first-order valence-electron chi connectivity index (χ1n) is 7.15. The lowest BCUT2D eigenvalue weighted by atomic mass is 9.91. The summed E-state index contributed by atoms with van der Waals surface area (Å²) in [6.45, 7) is 6.69. The molecule has 0 radical (unpaired) electrons. The Labute approximate surface area is 125 Å². The number of hydrogen-bond acceptors (Lipinski definition) is 4. The van der Waals surface area contributed by atoms with Crippen LogP contribution in [0.1, 0.15) is 26.7 Å². The van der Waals surface area contributed by atoms with E-state index in [1.807, 2.05) is 29.6 Å². The zero-order valence-electron chi connectivity index (χ0n) is 12.6. The summed E-state index contributed by atoms with van der Waals surface area (Å²) in [6, 6.07) is 0. The lowest BCUT2D eigenvalue weighted by Crippen LogP contribution is -2.47. The van der Waals surface area contributed by atoms with E-state index >= 15 is 0 Å². The molecule has 112 valence electrons. The molecule has 5 nitrogen and oxygen atoms in total. The Balaban J connectivity index is 1.94. The van der Waals surface area contributed by atoms with Crippen molar-refractivity contribution in [2.24, 2.45) is 11.3 Å². The molecule has 2 heterocycles. The van der Waals surface area contributed by atoms with Crippen LogP contribution in [0.3, 0.4) is 0 Å². The number of likely N-dealkylation sites (tertiary alicyclic amines) is 1. The van der Waals surface area contributed by atoms with Gasteiger partial charge in [-0.3, -0.25) is 9.48 Å². The molecule has 0 unspecified atom stereocenters. The maximum absolute atomic E-state index is 12.6. The van der Waals surface area contributed by atoms with Crippen LogP contribution in [0.25, 0.3) is 0 Å². The minimum atomic E-state index is -0.269. The smallest absolute Gasteiger partial charge is 0.229 e. The van der Waals surface area contributed by atoms with Gasteiger partial charge in [0.25, 0.3) is 0 Å². The second kappa shape index (κ2) is 6.61. The van der Waals surface area contributed by atoms with Crippen molar-refractivity contribution in [2.75, 3.05) is 25.1 Å². The topological polar surface area (TPSA) is 51.0 Å². The molecule has 20 heavy (non-hydrogen) atoms. The van der Waals surface area contributed by atoms with Gasteiger partial charge in [-0.2, -0.15) is 11.8 Å². The fraction of sp³-hybridized carbons (Fsp3) is 0.786. The normalized spacial score (nSPS) is 20.1. The third-order valence-corrected chi connectivity index (χ3v) is 4.82. The van der Waals surface area contributed by atoms with E-state index in [1.165, 1.54) is 0 Å². The molecule has 6 heteroatoms. The molecule has 0 N–H and O–H groups in total. The Morgan fingerprint density at radius 2 is 2.30 bits per heavy atom. The molecule has 1 aliphatic heterocycles. The van der Waals surface area contributed by atoms with E-state index in [4.69, 9.17) is 0 Å². The Morgan fingerprint density at radius 3 is 2.95 bits per heavy atom. The van der Waals surface area contributed by atoms with Crippen LogP contribution >= 0.6 is 11.8 Å². The van der Waals surface area contributed by atoms with E-state index in [0.717, 1.165) is 38.2 Å². The van der Waals surface area contributed by atoms with E-state index in [1.54, 1.807) is 18.0 Å². The molecule has 1 aromatic rings. The number of nitrogens with zero attached hydrogens (tertiary/aromatic N) is 4. The molecular weight excluding hydrogens is 272 g/mol. The summed E-state index contributed by atoms with van der Waals surface area (Å²) in [7, 11) is 0. The standard InChI is InChI=1S/C14H24N4OS/c1-14(2,11-20-3)13(19)17-7-4-5-12(9-17)10-18-8-6-15-16-18/h6,8,12H,4-5,7,9-11H2,1-3H3/t12-/m0/s1. The van der Waals surface area contributed by atoms with Crippen molar-refractivity contribution in [1.29, 1.82) is 0 Å². The van der Waals surface area contributed by atoms with Gasteiger partial charge in [0.1, 0.15) is 0 Å². The highest BCUT2D eigenvalue weighted by atomic mass is 32.2. The Bertz CT molecular complexity index is 432. The van der Waals surface area contributed by atoms with Crippen molar-refractivity contribution in [3.8, 4) is 0 Å². The van der Waals surface area contributed by atoms with Gasteiger partial charge in [-0.1, -0.05) is 19.1 Å². The second-order valence-electron chi connectivity index (χ2n) is 6.20. The molecule has 0 bridgehead atoms. The number of hydrogen-bond donors (Lipinski definition) is 0. The van der Waals surface area contributed by atoms with Crippen molar-refractivity contribution in [3.05, 3.63) is 12.4 Å². The van der Waals surface area contributed by atoms with Crippen LogP contribution in [0, 0.1) is 11.3 Å². The summed E-state index contributed by atoms with van der Waals surface area (Å²) < 4.78 is 1.87. The van der Waals surface area contributed by atoms with Gasteiger partial charge in [0.15, 0.2) is 0 Å². The van der Waals surface area contributed by atoms with E-state index in [-0.39, 0.29) is 11.3 Å². The number of piperidine rings is 1. The molecule has 0 aliphatic carbocycles. The Kier molecular flexibility index (Phi) is 5.07. The maximum atomic E-state index is 12.6. The number of thioether (sulfide) groups is 1. The van der Waals surface area contributed by atoms with Crippen molar-refractivity contribution >= 4 is 17.7 Å². The van der Waals surface area contributed by atoms with Gasteiger partial charge < -0.3 is 4.90 Å². The highest BCUT2D eigenvalue weighted by Gasteiger charge is 2.34. The molecule has 0 saturated carbocycles. The molecule has 1 aliphatic rings. The summed E-state index contributed by atoms with van der Waals surface area (Å²) in [5.74, 6) is 1.64. The quantitative estimate of drug-likeness (QED) is 0.833. The van der Waals surface area contributed by atoms with E-state index in [9.17, 15) is 4.79 Å². The highest BCUT2D eigenvalue weighted by Crippen LogP contribution is 2.27. The average molecular weight is 296 g/mol. The van der Waals surface area contributed by atoms with E-state index in [0.29, 0.717) is 5.92 Å². The lowest BCUT2D eigenvalue weighted by Gasteiger charge is -2.37. The molecule has 1 saturated heterocycles. The van der Waals surface area contributed by atoms with E-state index in [2.05, 4.69) is 16.6 Å². The third-order valence-electron chi connectivity index (χ3n) is 3.81. The summed E-state index contributed by atoms with van der Waals surface area (Å²) in [5, 5.41) is 7.85. The van der Waals surface area contributed by atoms with Gasteiger partial charge >= 0.3 is 0 Å². The average Bonchev–Trinajstić information content (AvgIpc) is 2.91. The summed E-state index contributed by atoms with van der Waals surface area (Å²) >= 11 is 1.74. The third kappa shape index (κ3) is 3.75. The SMILES string of the molecule is CSCC(C)(C)C(=O)N1CCC[C@H](Cn2ccnn2)C1. The number of carbonyl (C=O) groups is 1. The highest BCUT2D eigenvalue weighted by molar-refractivity contribution is 7.98. The van der Waals surface area contributed by atoms with E-state index < -0.39 is 0 Å². The van der Waals surface area contributed by atoms with Crippen LogP contribution in [-0.4, -0.2) is 50.9 Å². The fourth-order valence-electron chi connectivity index (χ4n) is 2.84. The first-order chi connectivity index (χ1) is 9.53. The molecular formula is C14H24N4OS. The van der Waals surface area contributed by atoms with Gasteiger partial charge in [-0.25, -0.2) is 0 Å². The monoisotopic (exact) mass is 296 g/mol. The van der Waals surface area contributed by atoms with Gasteiger partial charge in [0.2, 0.25) is 5.91 Å². The molecule has 1 amide bonds. The number of amides is 1. The summed E-state index contributed by atoms with van der Waals surface area (Å²) in [6.07, 6.45) is 7.89. The van der Waals surface area contributed by atoms with Gasteiger partial charge in [0, 0.05) is 31.6 Å². The van der Waals surface area contributed by atoms with Gasteiger partial charge in [-0.05, 0) is 25.0 Å². The molecule has 1 aromatic heterocycles. The van der Waals surface area contributed by atoms with Gasteiger partial charge in [0.05, 0.1) is 11.6 Å². The molecule has 2 rings (SSSR count). The Hall–Kier alpha value is -1.04. The van der Waals surface area contributed by atoms with Gasteiger partial charge in [-0.15, -0.1) is 5.10 Å². The predicted octanol–water partition coefficient (Wildman–Crippen LogP) is 1.91. The summed E-state index contributed by atoms with van der Waals surface area (Å²) in [5.41, 5.74) is -0.269. The molecule has 0 aromatic carbocycles. The fourth-order valence-corrected chi connectivity index (χ4v) is 3.69. The zero-order chi connectivity index (χ0) is 14.6. The van der Waals surface area contributed by atoms with Crippen LogP contribution in [-0.2, 0) is 11.3 Å². The largest absolute Gasteiger partial charge is 0.342 e. The minimum absolute atomic E-state index is 0.269. The van der Waals surface area contributed by atoms with Crippen molar-refractivity contribution < 1.29 is 4.79 Å². The van der Waals surface area contributed by atoms with Crippen molar-refractivity contribution in [1.82, 2.24) is 19.9 Å². The molecule has 0 spiro atoms. The van der Waals surface area contributed by atoms with Crippen LogP contribution in [0.15, 0.2) is 12.4 Å². The Morgan fingerprint density at radius 1 is 1.50 bits per heavy atom. The van der Waals surface area contributed by atoms with Crippen LogP contribution in [0.5, 0.6) is 0 Å². The number of rotatable bonds is 5. The summed E-state index contributed by atoms with van der Waals surface area (Å²) in [4.78, 5) is 14.7. The first-order valence-corrected chi connectivity index (χ1v) is 8.55. The second-order valence-corrected chi connectivity index (χ2v) is 7.07. The van der Waals surface area contributed by atoms with Crippen molar-refractivity contribution in [3.63, 3.8) is 0 Å². The maximum Gasteiger partial charge on any atom is 0.229 e. The predicted molar refractivity (Wildman–Crippen MR) is 81.5 cm³/mol. The number of carbonyl (C=O) groups excluding carboxylic acids is 1. The minimum Gasteiger partial charge on any atom is -0.342 e. The van der Waals surface area contributed by atoms with Crippen molar-refractivity contribution in [2.45, 2.75) is 33.2 Å².